The minimum atomic E-state index is -0.368. The molecule has 4 nitrogen and oxygen atoms in total. The molecule has 2 aliphatic rings. The van der Waals surface area contributed by atoms with Crippen molar-refractivity contribution in [1.29, 1.82) is 0 Å². The summed E-state index contributed by atoms with van der Waals surface area (Å²) in [6.07, 6.45) is 6.08. The highest BCUT2D eigenvalue weighted by molar-refractivity contribution is 8.01. The van der Waals surface area contributed by atoms with Crippen LogP contribution in [0.1, 0.15) is 32.1 Å². The second-order valence-electron chi connectivity index (χ2n) is 4.15. The molecule has 1 aliphatic heterocycles. The monoisotopic (exact) mass is 260 g/mol. The molecule has 1 N–H and O–H groups in total. The van der Waals surface area contributed by atoms with E-state index in [1.54, 1.807) is 11.8 Å². The van der Waals surface area contributed by atoms with Gasteiger partial charge in [0.15, 0.2) is 5.37 Å². The molecule has 1 saturated heterocycles. The molecule has 1 unspecified atom stereocenters. The average molecular weight is 260 g/mol. The zero-order valence-corrected chi connectivity index (χ0v) is 10.7. The molecule has 1 saturated carbocycles. The van der Waals surface area contributed by atoms with Gasteiger partial charge in [0.05, 0.1) is 5.88 Å². The van der Waals surface area contributed by atoms with Crippen LogP contribution in [0.15, 0.2) is 0 Å². The summed E-state index contributed by atoms with van der Waals surface area (Å²) < 4.78 is 0. The van der Waals surface area contributed by atoms with E-state index >= 15 is 0 Å². The fourth-order valence-corrected chi connectivity index (χ4v) is 4.02. The van der Waals surface area contributed by atoms with Gasteiger partial charge in [-0.3, -0.25) is 15.0 Å². The Morgan fingerprint density at radius 2 is 2.00 bits per heavy atom. The first-order valence-corrected chi connectivity index (χ1v) is 7.17. The normalized spacial score (nSPS) is 27.3. The topological polar surface area (TPSA) is 49.4 Å². The average Bonchev–Trinajstić information content (AvgIpc) is 2.55. The highest BCUT2D eigenvalue weighted by atomic mass is 32.2. The minimum Gasteiger partial charge on any atom is -0.294 e. The lowest BCUT2D eigenvalue weighted by molar-refractivity contribution is -0.119. The largest absolute Gasteiger partial charge is 0.326 e. The first-order valence-electron chi connectivity index (χ1n) is 5.60. The van der Waals surface area contributed by atoms with E-state index in [0.717, 1.165) is 12.8 Å². The number of carbonyl (C=O) groups excluding carboxylic acids is 2. The number of hydrogen-bond donors (Lipinski definition) is 2. The van der Waals surface area contributed by atoms with Gasteiger partial charge >= 0.3 is 6.03 Å². The van der Waals surface area contributed by atoms with Crippen LogP contribution in [0.25, 0.3) is 0 Å². The summed E-state index contributed by atoms with van der Waals surface area (Å²) in [5.41, 5.74) is 0. The van der Waals surface area contributed by atoms with E-state index in [2.05, 4.69) is 17.9 Å². The lowest BCUT2D eigenvalue weighted by atomic mass is 10.0. The zero-order chi connectivity index (χ0) is 11.5. The maximum absolute atomic E-state index is 11.6. The van der Waals surface area contributed by atoms with Gasteiger partial charge in [-0.1, -0.05) is 19.3 Å². The predicted molar refractivity (Wildman–Crippen MR) is 67.5 cm³/mol. The molecule has 3 amide bonds. The number of rotatable bonds is 3. The highest BCUT2D eigenvalue weighted by Gasteiger charge is 2.39. The molecule has 6 heteroatoms. The summed E-state index contributed by atoms with van der Waals surface area (Å²) in [5.74, 6) is 0.108. The Hall–Kier alpha value is -0.360. The number of hydrogen-bond acceptors (Lipinski definition) is 4. The highest BCUT2D eigenvalue weighted by Crippen LogP contribution is 2.33. The van der Waals surface area contributed by atoms with Crippen molar-refractivity contribution in [3.8, 4) is 0 Å². The molecule has 16 heavy (non-hydrogen) atoms. The second kappa shape index (κ2) is 5.31. The van der Waals surface area contributed by atoms with Crippen LogP contribution in [0.5, 0.6) is 0 Å². The van der Waals surface area contributed by atoms with Gasteiger partial charge in [-0.2, -0.15) is 12.6 Å². The second-order valence-corrected chi connectivity index (χ2v) is 5.82. The van der Waals surface area contributed by atoms with Crippen molar-refractivity contribution in [2.24, 2.45) is 0 Å². The summed E-state index contributed by atoms with van der Waals surface area (Å²) in [6.45, 7) is 0. The van der Waals surface area contributed by atoms with E-state index in [-0.39, 0.29) is 17.3 Å². The van der Waals surface area contributed by atoms with E-state index in [0.29, 0.717) is 11.1 Å². The molecule has 1 atom stereocenters. The molecule has 1 aliphatic carbocycles. The summed E-state index contributed by atoms with van der Waals surface area (Å²) in [5, 5.41) is 2.48. The van der Waals surface area contributed by atoms with Crippen molar-refractivity contribution in [2.45, 2.75) is 42.7 Å². The Morgan fingerprint density at radius 3 is 2.62 bits per heavy atom. The fraction of sp³-hybridized carbons (Fsp3) is 0.800. The van der Waals surface area contributed by atoms with Crippen LogP contribution >= 0.6 is 24.4 Å². The van der Waals surface area contributed by atoms with Gasteiger partial charge in [0.2, 0.25) is 0 Å². The molecule has 2 rings (SSSR count). The zero-order valence-electron chi connectivity index (χ0n) is 9.02. The summed E-state index contributed by atoms with van der Waals surface area (Å²) >= 11 is 5.71. The Labute approximate surface area is 105 Å². The Morgan fingerprint density at radius 1 is 1.31 bits per heavy atom. The van der Waals surface area contributed by atoms with Gasteiger partial charge in [-0.25, -0.2) is 4.79 Å². The predicted octanol–water partition coefficient (Wildman–Crippen LogP) is 1.82. The molecule has 1 heterocycles. The number of amides is 3. The van der Waals surface area contributed by atoms with Crippen molar-refractivity contribution in [3.63, 3.8) is 0 Å². The number of imide groups is 1. The maximum atomic E-state index is 11.6. The summed E-state index contributed by atoms with van der Waals surface area (Å²) in [4.78, 5) is 24.5. The minimum absolute atomic E-state index is 0.186. The maximum Gasteiger partial charge on any atom is 0.326 e. The lowest BCUT2D eigenvalue weighted by Gasteiger charge is -2.26. The SMILES string of the molecule is O=C1NC(=O)N(CS)C1SC1CCCCC1. The molecule has 0 bridgehead atoms. The van der Waals surface area contributed by atoms with Crippen LogP contribution in [-0.2, 0) is 4.79 Å². The van der Waals surface area contributed by atoms with Crippen LogP contribution in [0, 0.1) is 0 Å². The van der Waals surface area contributed by atoms with Gasteiger partial charge in [-0.15, -0.1) is 11.8 Å². The molecule has 90 valence electrons. The third kappa shape index (κ3) is 2.48. The van der Waals surface area contributed by atoms with Gasteiger partial charge < -0.3 is 0 Å². The molecule has 0 aromatic carbocycles. The Kier molecular flexibility index (Phi) is 4.02. The van der Waals surface area contributed by atoms with Crippen LogP contribution < -0.4 is 5.32 Å². The Bertz CT molecular complexity index is 293. The number of thiol groups is 1. The molecule has 0 radical (unpaired) electrons. The van der Waals surface area contributed by atoms with Gasteiger partial charge in [0, 0.05) is 5.25 Å². The van der Waals surface area contributed by atoms with Gasteiger partial charge in [-0.05, 0) is 12.8 Å². The lowest BCUT2D eigenvalue weighted by Crippen LogP contribution is -2.33. The first kappa shape index (κ1) is 12.1. The van der Waals surface area contributed by atoms with Crippen LogP contribution in [0.2, 0.25) is 0 Å². The van der Waals surface area contributed by atoms with Crippen molar-refractivity contribution >= 4 is 36.3 Å². The van der Waals surface area contributed by atoms with Crippen molar-refractivity contribution in [2.75, 3.05) is 5.88 Å². The standard InChI is InChI=1S/C10H16N2O2S2/c13-8-9(12(6-15)10(14)11-8)16-7-4-2-1-3-5-7/h7,9,15H,1-6H2,(H,11,13,14). The smallest absolute Gasteiger partial charge is 0.294 e. The third-order valence-electron chi connectivity index (χ3n) is 3.02. The van der Waals surface area contributed by atoms with Gasteiger partial charge in [0.1, 0.15) is 0 Å². The van der Waals surface area contributed by atoms with E-state index in [1.807, 2.05) is 0 Å². The van der Waals surface area contributed by atoms with E-state index in [9.17, 15) is 9.59 Å². The van der Waals surface area contributed by atoms with Crippen molar-refractivity contribution in [3.05, 3.63) is 0 Å². The quantitative estimate of drug-likeness (QED) is 0.601. The number of nitrogens with zero attached hydrogens (tertiary/aromatic N) is 1. The van der Waals surface area contributed by atoms with Crippen LogP contribution in [-0.4, -0.2) is 33.3 Å². The molecular weight excluding hydrogens is 244 g/mol. The molecular formula is C10H16N2O2S2. The number of nitrogens with one attached hydrogen (secondary N) is 1. The summed E-state index contributed by atoms with van der Waals surface area (Å²) in [6, 6.07) is -0.312. The third-order valence-corrected chi connectivity index (χ3v) is 4.91. The number of thioether (sulfide) groups is 1. The fourth-order valence-electron chi connectivity index (χ4n) is 2.14. The summed E-state index contributed by atoms with van der Waals surface area (Å²) in [7, 11) is 0. The van der Waals surface area contributed by atoms with Crippen molar-refractivity contribution < 1.29 is 9.59 Å². The molecule has 0 aromatic heterocycles. The Balaban J connectivity index is 1.96. The molecule has 2 fully saturated rings. The van der Waals surface area contributed by atoms with E-state index in [1.165, 1.54) is 24.2 Å². The molecule has 0 aromatic rings. The number of urea groups is 1. The first-order chi connectivity index (χ1) is 7.72. The van der Waals surface area contributed by atoms with Gasteiger partial charge in [0.25, 0.3) is 5.91 Å². The molecule has 0 spiro atoms. The van der Waals surface area contributed by atoms with E-state index in [4.69, 9.17) is 0 Å². The van der Waals surface area contributed by atoms with E-state index < -0.39 is 0 Å². The van der Waals surface area contributed by atoms with Crippen LogP contribution in [0.4, 0.5) is 4.79 Å². The van der Waals surface area contributed by atoms with Crippen molar-refractivity contribution in [1.82, 2.24) is 10.2 Å². The number of carbonyl (C=O) groups is 2. The van der Waals surface area contributed by atoms with Crippen LogP contribution in [0.3, 0.4) is 0 Å².